The Balaban J connectivity index is 2.12. The van der Waals surface area contributed by atoms with E-state index in [0.29, 0.717) is 12.1 Å². The van der Waals surface area contributed by atoms with Crippen LogP contribution in [0.2, 0.25) is 0 Å². The van der Waals surface area contributed by atoms with Gasteiger partial charge >= 0.3 is 0 Å². The van der Waals surface area contributed by atoms with Crippen molar-refractivity contribution in [1.82, 2.24) is 5.32 Å². The molecule has 0 heterocycles. The lowest BCUT2D eigenvalue weighted by Gasteiger charge is -2.29. The first-order valence-electron chi connectivity index (χ1n) is 8.15. The lowest BCUT2D eigenvalue weighted by atomic mass is 9.95. The Hall–Kier alpha value is -1.86. The van der Waals surface area contributed by atoms with Crippen LogP contribution in [0.5, 0.6) is 0 Å². The molecule has 0 spiro atoms. The van der Waals surface area contributed by atoms with Crippen molar-refractivity contribution < 1.29 is 13.2 Å². The van der Waals surface area contributed by atoms with E-state index in [0.717, 1.165) is 20.6 Å². The summed E-state index contributed by atoms with van der Waals surface area (Å²) in [7, 11) is -3.59. The summed E-state index contributed by atoms with van der Waals surface area (Å²) in [5.41, 5.74) is 1.04. The number of carbonyl (C=O) groups excluding carboxylic acids is 1. The van der Waals surface area contributed by atoms with Crippen LogP contribution in [0.15, 0.2) is 59.1 Å². The molecule has 0 saturated carbocycles. The third kappa shape index (κ3) is 6.14. The van der Waals surface area contributed by atoms with Gasteiger partial charge < -0.3 is 5.32 Å². The van der Waals surface area contributed by atoms with E-state index < -0.39 is 15.6 Å². The molecule has 2 rings (SSSR count). The number of amides is 1. The van der Waals surface area contributed by atoms with Gasteiger partial charge in [0.05, 0.1) is 11.9 Å². The summed E-state index contributed by atoms with van der Waals surface area (Å²) in [5.74, 6) is -0.351. The monoisotopic (exact) mass is 438 g/mol. The molecule has 5 nitrogen and oxygen atoms in total. The second kappa shape index (κ2) is 8.22. The summed E-state index contributed by atoms with van der Waals surface area (Å²) in [6.45, 7) is 3.57. The number of hydrogen-bond donors (Lipinski definition) is 1. The second-order valence-corrected chi connectivity index (χ2v) is 9.67. The van der Waals surface area contributed by atoms with Crippen molar-refractivity contribution >= 4 is 37.5 Å². The standard InChI is InChI=1S/C19H23BrN2O3S/c1-19(2,13-15-8-5-4-6-9-15)21-18(23)14-22(26(3,24)25)17-11-7-10-16(20)12-17/h4-12H,13-14H2,1-3H3,(H,21,23). The summed E-state index contributed by atoms with van der Waals surface area (Å²) in [6.07, 6.45) is 1.74. The maximum absolute atomic E-state index is 12.5. The van der Waals surface area contributed by atoms with Crippen molar-refractivity contribution in [2.24, 2.45) is 0 Å². The van der Waals surface area contributed by atoms with E-state index >= 15 is 0 Å². The fraction of sp³-hybridized carbons (Fsp3) is 0.316. The van der Waals surface area contributed by atoms with Crippen LogP contribution >= 0.6 is 15.9 Å². The highest BCUT2D eigenvalue weighted by molar-refractivity contribution is 9.10. The quantitative estimate of drug-likeness (QED) is 0.720. The van der Waals surface area contributed by atoms with Crippen LogP contribution in [-0.4, -0.2) is 32.7 Å². The van der Waals surface area contributed by atoms with Crippen LogP contribution < -0.4 is 9.62 Å². The van der Waals surface area contributed by atoms with Gasteiger partial charge in [-0.15, -0.1) is 0 Å². The molecule has 0 unspecified atom stereocenters. The van der Waals surface area contributed by atoms with E-state index in [4.69, 9.17) is 0 Å². The van der Waals surface area contributed by atoms with Crippen LogP contribution in [-0.2, 0) is 21.2 Å². The minimum Gasteiger partial charge on any atom is -0.349 e. The number of nitrogens with zero attached hydrogens (tertiary/aromatic N) is 1. The first-order valence-corrected chi connectivity index (χ1v) is 10.8. The van der Waals surface area contributed by atoms with Crippen molar-refractivity contribution in [2.45, 2.75) is 25.8 Å². The molecule has 0 atom stereocenters. The molecule has 0 aliphatic carbocycles. The number of sulfonamides is 1. The van der Waals surface area contributed by atoms with Crippen molar-refractivity contribution in [3.63, 3.8) is 0 Å². The summed E-state index contributed by atoms with van der Waals surface area (Å²) >= 11 is 3.33. The first kappa shape index (κ1) is 20.5. The number of anilines is 1. The molecule has 0 fully saturated rings. The predicted octanol–water partition coefficient (Wildman–Crippen LogP) is 3.35. The van der Waals surface area contributed by atoms with Gasteiger partial charge in [-0.2, -0.15) is 0 Å². The van der Waals surface area contributed by atoms with Crippen LogP contribution in [0.1, 0.15) is 19.4 Å². The molecule has 2 aromatic rings. The number of carbonyl (C=O) groups is 1. The summed E-state index contributed by atoms with van der Waals surface area (Å²) in [6, 6.07) is 16.7. The molecule has 140 valence electrons. The van der Waals surface area contributed by atoms with E-state index in [1.807, 2.05) is 44.2 Å². The van der Waals surface area contributed by atoms with Crippen molar-refractivity contribution in [1.29, 1.82) is 0 Å². The normalized spacial score (nSPS) is 11.8. The molecule has 0 aromatic heterocycles. The predicted molar refractivity (Wildman–Crippen MR) is 109 cm³/mol. The van der Waals surface area contributed by atoms with Crippen LogP contribution in [0.3, 0.4) is 0 Å². The average molecular weight is 439 g/mol. The van der Waals surface area contributed by atoms with Crippen LogP contribution in [0, 0.1) is 0 Å². The molecule has 2 aromatic carbocycles. The lowest BCUT2D eigenvalue weighted by Crippen LogP contribution is -2.50. The molecule has 7 heteroatoms. The van der Waals surface area contributed by atoms with E-state index in [1.54, 1.807) is 24.3 Å². The van der Waals surface area contributed by atoms with E-state index in [1.165, 1.54) is 0 Å². The molecule has 0 radical (unpaired) electrons. The van der Waals surface area contributed by atoms with Crippen LogP contribution in [0.25, 0.3) is 0 Å². The summed E-state index contributed by atoms with van der Waals surface area (Å²) in [5, 5.41) is 2.93. The molecular weight excluding hydrogens is 416 g/mol. The molecule has 26 heavy (non-hydrogen) atoms. The van der Waals surface area contributed by atoms with E-state index in [9.17, 15) is 13.2 Å². The third-order valence-corrected chi connectivity index (χ3v) is 5.38. The molecule has 0 bridgehead atoms. The Morgan fingerprint density at radius 3 is 2.35 bits per heavy atom. The largest absolute Gasteiger partial charge is 0.349 e. The third-order valence-electron chi connectivity index (χ3n) is 3.75. The molecule has 0 saturated heterocycles. The number of hydrogen-bond acceptors (Lipinski definition) is 3. The minimum atomic E-state index is -3.59. The molecule has 0 aliphatic rings. The second-order valence-electron chi connectivity index (χ2n) is 6.84. The van der Waals surface area contributed by atoms with E-state index in [-0.39, 0.29) is 12.5 Å². The van der Waals surface area contributed by atoms with Gasteiger partial charge in [-0.3, -0.25) is 9.10 Å². The maximum atomic E-state index is 12.5. The average Bonchev–Trinajstić information content (AvgIpc) is 2.51. The molecule has 0 aliphatic heterocycles. The summed E-state index contributed by atoms with van der Waals surface area (Å²) in [4.78, 5) is 12.5. The molecule has 1 amide bonds. The first-order chi connectivity index (χ1) is 12.1. The van der Waals surface area contributed by atoms with Crippen LogP contribution in [0.4, 0.5) is 5.69 Å². The Morgan fingerprint density at radius 2 is 1.77 bits per heavy atom. The Labute approximate surface area is 163 Å². The fourth-order valence-electron chi connectivity index (χ4n) is 2.73. The number of halogens is 1. The maximum Gasteiger partial charge on any atom is 0.241 e. The number of benzene rings is 2. The number of nitrogens with one attached hydrogen (secondary N) is 1. The Morgan fingerprint density at radius 1 is 1.12 bits per heavy atom. The van der Waals surface area contributed by atoms with Gasteiger partial charge in [-0.25, -0.2) is 8.42 Å². The Bertz CT molecular complexity index is 867. The number of rotatable bonds is 7. The van der Waals surface area contributed by atoms with Crippen molar-refractivity contribution in [3.05, 3.63) is 64.6 Å². The van der Waals surface area contributed by atoms with Crippen molar-refractivity contribution in [2.75, 3.05) is 17.1 Å². The van der Waals surface area contributed by atoms with Gasteiger partial charge in [-0.05, 0) is 44.0 Å². The highest BCUT2D eigenvalue weighted by Crippen LogP contribution is 2.22. The van der Waals surface area contributed by atoms with Gasteiger partial charge in [0, 0.05) is 10.0 Å². The Kier molecular flexibility index (Phi) is 6.47. The highest BCUT2D eigenvalue weighted by Gasteiger charge is 2.25. The molecular formula is C19H23BrN2O3S. The highest BCUT2D eigenvalue weighted by atomic mass is 79.9. The SMILES string of the molecule is CC(C)(Cc1ccccc1)NC(=O)CN(c1cccc(Br)c1)S(C)(=O)=O. The topological polar surface area (TPSA) is 66.5 Å². The lowest BCUT2D eigenvalue weighted by molar-refractivity contribution is -0.121. The van der Waals surface area contributed by atoms with Gasteiger partial charge in [-0.1, -0.05) is 52.3 Å². The van der Waals surface area contributed by atoms with Gasteiger partial charge in [0.1, 0.15) is 6.54 Å². The fourth-order valence-corrected chi connectivity index (χ4v) is 3.96. The van der Waals surface area contributed by atoms with Gasteiger partial charge in [0.25, 0.3) is 0 Å². The zero-order chi connectivity index (χ0) is 19.4. The van der Waals surface area contributed by atoms with Gasteiger partial charge in [0.15, 0.2) is 0 Å². The molecule has 1 N–H and O–H groups in total. The summed E-state index contributed by atoms with van der Waals surface area (Å²) < 4.78 is 26.2. The van der Waals surface area contributed by atoms with Gasteiger partial charge in [0.2, 0.25) is 15.9 Å². The smallest absolute Gasteiger partial charge is 0.241 e. The van der Waals surface area contributed by atoms with E-state index in [2.05, 4.69) is 21.2 Å². The zero-order valence-electron chi connectivity index (χ0n) is 15.1. The van der Waals surface area contributed by atoms with Crippen molar-refractivity contribution in [3.8, 4) is 0 Å². The minimum absolute atomic E-state index is 0.270. The zero-order valence-corrected chi connectivity index (χ0v) is 17.5.